The van der Waals surface area contributed by atoms with Crippen molar-refractivity contribution in [3.63, 3.8) is 0 Å². The molecule has 0 aliphatic heterocycles. The van der Waals surface area contributed by atoms with E-state index in [4.69, 9.17) is 16.3 Å². The number of halogens is 2. The number of hydrogen-bond acceptors (Lipinski definition) is 3. The highest BCUT2D eigenvalue weighted by molar-refractivity contribution is 9.10. The molecule has 0 aliphatic rings. The molecule has 3 rings (SSSR count). The van der Waals surface area contributed by atoms with Crippen LogP contribution in [0, 0.1) is 0 Å². The molecule has 0 atom stereocenters. The number of pyridine rings is 1. The average Bonchev–Trinajstić information content (AvgIpc) is 2.63. The van der Waals surface area contributed by atoms with Crippen LogP contribution in [0.3, 0.4) is 0 Å². The van der Waals surface area contributed by atoms with Crippen LogP contribution in [0.4, 0.5) is 0 Å². The first-order valence-corrected chi connectivity index (χ1v) is 8.88. The summed E-state index contributed by atoms with van der Waals surface area (Å²) in [7, 11) is 0. The number of nitrogens with zero attached hydrogens (tertiary/aromatic N) is 1. The molecule has 0 unspecified atom stereocenters. The number of hydrogen-bond donors (Lipinski definition) is 0. The van der Waals surface area contributed by atoms with E-state index in [2.05, 4.69) is 20.9 Å². The smallest absolute Gasteiger partial charge is 0.171 e. The van der Waals surface area contributed by atoms with E-state index < -0.39 is 0 Å². The highest BCUT2D eigenvalue weighted by Crippen LogP contribution is 2.26. The molecule has 0 saturated carbocycles. The van der Waals surface area contributed by atoms with Crippen molar-refractivity contribution in [2.24, 2.45) is 0 Å². The largest absolute Gasteiger partial charge is 0.488 e. The van der Waals surface area contributed by atoms with Crippen molar-refractivity contribution in [1.29, 1.82) is 0 Å². The molecule has 0 N–H and O–H groups in total. The summed E-state index contributed by atoms with van der Waals surface area (Å²) in [6.45, 7) is 0.367. The number of aromatic nitrogens is 1. The van der Waals surface area contributed by atoms with Crippen LogP contribution >= 0.6 is 27.5 Å². The molecule has 5 heteroatoms. The van der Waals surface area contributed by atoms with Gasteiger partial charge in [0.25, 0.3) is 0 Å². The maximum Gasteiger partial charge on any atom is 0.171 e. The van der Waals surface area contributed by atoms with Crippen molar-refractivity contribution >= 4 is 33.3 Å². The average molecular weight is 417 g/mol. The van der Waals surface area contributed by atoms with Crippen molar-refractivity contribution in [2.45, 2.75) is 13.0 Å². The van der Waals surface area contributed by atoms with Gasteiger partial charge in [-0.15, -0.1) is 0 Å². The molecule has 0 bridgehead atoms. The van der Waals surface area contributed by atoms with Crippen LogP contribution < -0.4 is 4.74 Å². The zero-order valence-electron chi connectivity index (χ0n) is 13.3. The molecule has 0 spiro atoms. The van der Waals surface area contributed by atoms with Gasteiger partial charge in [-0.3, -0.25) is 9.78 Å². The Labute approximate surface area is 159 Å². The lowest BCUT2D eigenvalue weighted by Crippen LogP contribution is -2.07. The fourth-order valence-electron chi connectivity index (χ4n) is 2.37. The Hall–Kier alpha value is -2.17. The van der Waals surface area contributed by atoms with Gasteiger partial charge in [0.15, 0.2) is 5.78 Å². The number of benzene rings is 2. The van der Waals surface area contributed by atoms with Gasteiger partial charge in [-0.2, -0.15) is 0 Å². The second-order valence-electron chi connectivity index (χ2n) is 5.52. The lowest BCUT2D eigenvalue weighted by Gasteiger charge is -2.12. The van der Waals surface area contributed by atoms with E-state index in [1.54, 1.807) is 24.5 Å². The van der Waals surface area contributed by atoms with E-state index in [-0.39, 0.29) is 12.2 Å². The molecular formula is C20H15BrClNO2. The van der Waals surface area contributed by atoms with Gasteiger partial charge in [0, 0.05) is 28.3 Å². The van der Waals surface area contributed by atoms with Crippen molar-refractivity contribution in [3.05, 3.63) is 93.2 Å². The van der Waals surface area contributed by atoms with Gasteiger partial charge in [0.1, 0.15) is 12.4 Å². The maximum atomic E-state index is 12.7. The fourth-order valence-corrected chi connectivity index (χ4v) is 2.86. The van der Waals surface area contributed by atoms with Crippen LogP contribution in [0.15, 0.2) is 71.5 Å². The van der Waals surface area contributed by atoms with Gasteiger partial charge in [-0.05, 0) is 47.5 Å². The summed E-state index contributed by atoms with van der Waals surface area (Å²) < 4.78 is 6.71. The molecule has 0 saturated heterocycles. The Morgan fingerprint density at radius 2 is 1.88 bits per heavy atom. The van der Waals surface area contributed by atoms with Crippen LogP contribution in [-0.4, -0.2) is 10.8 Å². The van der Waals surface area contributed by atoms with E-state index in [1.165, 1.54) is 0 Å². The third kappa shape index (κ3) is 4.91. The first kappa shape index (κ1) is 17.6. The second kappa shape index (κ2) is 8.28. The minimum atomic E-state index is -0.0135. The quantitative estimate of drug-likeness (QED) is 0.498. The van der Waals surface area contributed by atoms with Gasteiger partial charge < -0.3 is 4.74 Å². The summed E-state index contributed by atoms with van der Waals surface area (Å²) >= 11 is 9.31. The van der Waals surface area contributed by atoms with E-state index in [0.717, 1.165) is 15.6 Å². The predicted octanol–water partition coefficient (Wildman–Crippen LogP) is 5.50. The molecule has 0 fully saturated rings. The zero-order valence-corrected chi connectivity index (χ0v) is 15.6. The van der Waals surface area contributed by atoms with Crippen LogP contribution in [0.2, 0.25) is 5.02 Å². The van der Waals surface area contributed by atoms with E-state index in [9.17, 15) is 4.79 Å². The molecule has 0 amide bonds. The van der Waals surface area contributed by atoms with Crippen LogP contribution in [-0.2, 0) is 13.0 Å². The van der Waals surface area contributed by atoms with E-state index >= 15 is 0 Å². The Kier molecular flexibility index (Phi) is 5.84. The van der Waals surface area contributed by atoms with Crippen LogP contribution in [0.5, 0.6) is 5.75 Å². The molecule has 126 valence electrons. The number of rotatable bonds is 6. The first-order chi connectivity index (χ1) is 12.1. The minimum absolute atomic E-state index is 0.0135. The summed E-state index contributed by atoms with van der Waals surface area (Å²) in [5.74, 6) is 0.549. The van der Waals surface area contributed by atoms with Gasteiger partial charge in [-0.1, -0.05) is 45.7 Å². The lowest BCUT2D eigenvalue weighted by atomic mass is 10.0. The predicted molar refractivity (Wildman–Crippen MR) is 102 cm³/mol. The number of carbonyl (C=O) groups is 1. The normalized spacial score (nSPS) is 10.5. The monoisotopic (exact) mass is 415 g/mol. The molecule has 3 aromatic rings. The van der Waals surface area contributed by atoms with Crippen molar-refractivity contribution in [1.82, 2.24) is 4.98 Å². The van der Waals surface area contributed by atoms with Crippen molar-refractivity contribution < 1.29 is 9.53 Å². The van der Waals surface area contributed by atoms with Crippen molar-refractivity contribution in [3.8, 4) is 5.75 Å². The van der Waals surface area contributed by atoms with E-state index in [0.29, 0.717) is 22.9 Å². The molecule has 1 aromatic heterocycles. The summed E-state index contributed by atoms with van der Waals surface area (Å²) in [5.41, 5.74) is 2.40. The molecule has 0 radical (unpaired) electrons. The van der Waals surface area contributed by atoms with E-state index in [1.807, 2.05) is 42.5 Å². The molecule has 3 nitrogen and oxygen atoms in total. The SMILES string of the molecule is O=C(Cc1cccnc1)c1cc(Br)ccc1OCc1ccc(Cl)cc1. The number of ketones is 1. The second-order valence-corrected chi connectivity index (χ2v) is 6.87. The number of ether oxygens (including phenoxy) is 1. The van der Waals surface area contributed by atoms with Gasteiger partial charge in [0.2, 0.25) is 0 Å². The standard InChI is InChI=1S/C20H15BrClNO2/c21-16-5-8-20(25-13-14-3-6-17(22)7-4-14)18(11-16)19(24)10-15-2-1-9-23-12-15/h1-9,11-12H,10,13H2. The topological polar surface area (TPSA) is 39.2 Å². The zero-order chi connectivity index (χ0) is 17.6. The van der Waals surface area contributed by atoms with Crippen LogP contribution in [0.25, 0.3) is 0 Å². The summed E-state index contributed by atoms with van der Waals surface area (Å²) in [6.07, 6.45) is 3.67. The molecule has 2 aromatic carbocycles. The summed E-state index contributed by atoms with van der Waals surface area (Å²) in [6, 6.07) is 16.6. The maximum absolute atomic E-state index is 12.7. The molecule has 1 heterocycles. The Bertz CT molecular complexity index is 867. The minimum Gasteiger partial charge on any atom is -0.488 e. The Morgan fingerprint density at radius 3 is 2.60 bits per heavy atom. The van der Waals surface area contributed by atoms with Gasteiger partial charge in [0.05, 0.1) is 5.56 Å². The highest BCUT2D eigenvalue weighted by Gasteiger charge is 2.14. The Morgan fingerprint density at radius 1 is 1.08 bits per heavy atom. The number of carbonyl (C=O) groups excluding carboxylic acids is 1. The summed E-state index contributed by atoms with van der Waals surface area (Å²) in [4.78, 5) is 16.7. The van der Waals surface area contributed by atoms with Crippen LogP contribution in [0.1, 0.15) is 21.5 Å². The third-order valence-electron chi connectivity index (χ3n) is 3.64. The summed E-state index contributed by atoms with van der Waals surface area (Å²) in [5, 5.41) is 0.680. The molecule has 0 aliphatic carbocycles. The van der Waals surface area contributed by atoms with Crippen molar-refractivity contribution in [2.75, 3.05) is 0 Å². The number of Topliss-reactive ketones (excluding diaryl/α,β-unsaturated/α-hetero) is 1. The Balaban J connectivity index is 1.77. The fraction of sp³-hybridized carbons (Fsp3) is 0.100. The molecule has 25 heavy (non-hydrogen) atoms. The van der Waals surface area contributed by atoms with Gasteiger partial charge in [-0.25, -0.2) is 0 Å². The lowest BCUT2D eigenvalue weighted by molar-refractivity contribution is 0.0988. The van der Waals surface area contributed by atoms with Gasteiger partial charge >= 0.3 is 0 Å². The molecular weight excluding hydrogens is 402 g/mol. The third-order valence-corrected chi connectivity index (χ3v) is 4.38. The first-order valence-electron chi connectivity index (χ1n) is 7.71. The highest BCUT2D eigenvalue weighted by atomic mass is 79.9.